The van der Waals surface area contributed by atoms with Crippen LogP contribution in [0.5, 0.6) is 0 Å². The fourth-order valence-electron chi connectivity index (χ4n) is 1.85. The van der Waals surface area contributed by atoms with Crippen molar-refractivity contribution in [2.24, 2.45) is 0 Å². The van der Waals surface area contributed by atoms with Crippen LogP contribution in [0.4, 0.5) is 0 Å². The molecule has 0 aliphatic rings. The van der Waals surface area contributed by atoms with Crippen LogP contribution in [0.3, 0.4) is 0 Å². The van der Waals surface area contributed by atoms with Crippen molar-refractivity contribution in [1.82, 2.24) is 0 Å². The normalized spacial score (nSPS) is 9.71. The second-order valence-corrected chi connectivity index (χ2v) is 5.28. The summed E-state index contributed by atoms with van der Waals surface area (Å²) in [5, 5.41) is 1.64. The van der Waals surface area contributed by atoms with Gasteiger partial charge >= 0.3 is 29.6 Å². The van der Waals surface area contributed by atoms with E-state index < -0.39 is 0 Å². The van der Waals surface area contributed by atoms with Crippen molar-refractivity contribution >= 4 is 64.2 Å². The molecule has 0 bridgehead atoms. The van der Waals surface area contributed by atoms with E-state index in [1.165, 1.54) is 64.2 Å². The quantitative estimate of drug-likeness (QED) is 0.280. The van der Waals surface area contributed by atoms with E-state index >= 15 is 0 Å². The third-order valence-electron chi connectivity index (χ3n) is 2.91. The zero-order valence-corrected chi connectivity index (χ0v) is 12.3. The Morgan fingerprint density at radius 2 is 1.24 bits per heavy atom. The molecule has 0 aliphatic carbocycles. The molecule has 0 amide bonds. The molecule has 0 nitrogen and oxygen atoms in total. The second kappa shape index (κ2) is 17.2. The summed E-state index contributed by atoms with van der Waals surface area (Å²) in [6, 6.07) is 0. The molecule has 0 aliphatic heterocycles. The molecule has 96 valence electrons. The minimum atomic E-state index is 0. The van der Waals surface area contributed by atoms with Crippen LogP contribution >= 0.6 is 24.4 Å². The molecule has 0 aromatic carbocycles. The summed E-state index contributed by atoms with van der Waals surface area (Å²) in [5.74, 6) is 0. The third kappa shape index (κ3) is 17.2. The van der Waals surface area contributed by atoms with Gasteiger partial charge < -0.3 is 0 Å². The van der Waals surface area contributed by atoms with Crippen LogP contribution in [0.15, 0.2) is 0 Å². The standard InChI is InChI=1S/C14H26S2.Na.H/c1-2-3-4-5-6-7-8-9-10-11-12-14(16)13-15;;/h13H,2-12H2,1H3;;. The van der Waals surface area contributed by atoms with Gasteiger partial charge in [-0.25, -0.2) is 0 Å². The predicted molar refractivity (Wildman–Crippen MR) is 89.9 cm³/mol. The first-order chi connectivity index (χ1) is 7.81. The van der Waals surface area contributed by atoms with E-state index in [1.54, 1.807) is 5.37 Å². The van der Waals surface area contributed by atoms with Crippen molar-refractivity contribution in [3.63, 3.8) is 0 Å². The first kappa shape index (κ1) is 20.5. The minimum absolute atomic E-state index is 0. The van der Waals surface area contributed by atoms with Crippen LogP contribution in [0.1, 0.15) is 77.6 Å². The van der Waals surface area contributed by atoms with E-state index in [0.717, 1.165) is 11.3 Å². The molecular formula is C14H27NaS2. The number of rotatable bonds is 12. The van der Waals surface area contributed by atoms with Crippen molar-refractivity contribution in [2.45, 2.75) is 77.6 Å². The Hall–Kier alpha value is 1.18. The van der Waals surface area contributed by atoms with Gasteiger partial charge in [0.2, 0.25) is 0 Å². The van der Waals surface area contributed by atoms with Crippen molar-refractivity contribution < 1.29 is 0 Å². The van der Waals surface area contributed by atoms with Gasteiger partial charge in [-0.2, -0.15) is 0 Å². The molecule has 0 saturated heterocycles. The topological polar surface area (TPSA) is 0 Å². The van der Waals surface area contributed by atoms with Crippen molar-refractivity contribution in [3.05, 3.63) is 0 Å². The van der Waals surface area contributed by atoms with Crippen LogP contribution in [0.2, 0.25) is 0 Å². The summed E-state index contributed by atoms with van der Waals surface area (Å²) in [6.45, 7) is 2.27. The SMILES string of the molecule is CCCCCCCCCCCCC(=S)C=S.[NaH]. The molecule has 0 aromatic heterocycles. The Bertz CT molecular complexity index is 181. The van der Waals surface area contributed by atoms with E-state index in [0.29, 0.717) is 0 Å². The van der Waals surface area contributed by atoms with Crippen LogP contribution in [0.25, 0.3) is 0 Å². The molecular weight excluding hydrogens is 255 g/mol. The van der Waals surface area contributed by atoms with E-state index in [1.807, 2.05) is 0 Å². The molecule has 17 heavy (non-hydrogen) atoms. The summed E-state index contributed by atoms with van der Waals surface area (Å²) >= 11 is 9.83. The first-order valence-corrected chi connectivity index (χ1v) is 7.67. The van der Waals surface area contributed by atoms with Crippen LogP contribution < -0.4 is 0 Å². The van der Waals surface area contributed by atoms with Gasteiger partial charge in [0.15, 0.2) is 0 Å². The molecule has 0 rings (SSSR count). The molecule has 0 N–H and O–H groups in total. The summed E-state index contributed by atoms with van der Waals surface area (Å²) in [7, 11) is 0. The summed E-state index contributed by atoms with van der Waals surface area (Å²) in [5.41, 5.74) is 0. The average molecular weight is 282 g/mol. The Kier molecular flexibility index (Phi) is 20.7. The zero-order chi connectivity index (χ0) is 12.1. The van der Waals surface area contributed by atoms with Gasteiger partial charge in [-0.05, 0) is 12.8 Å². The number of hydrogen-bond donors (Lipinski definition) is 0. The van der Waals surface area contributed by atoms with E-state index in [9.17, 15) is 0 Å². The molecule has 0 saturated carbocycles. The van der Waals surface area contributed by atoms with Crippen LogP contribution in [-0.2, 0) is 0 Å². The fourth-order valence-corrected chi connectivity index (χ4v) is 2.11. The average Bonchev–Trinajstić information content (AvgIpc) is 2.31. The monoisotopic (exact) mass is 282 g/mol. The molecule has 0 unspecified atom stereocenters. The van der Waals surface area contributed by atoms with Gasteiger partial charge in [-0.1, -0.05) is 89.1 Å². The Labute approximate surface area is 141 Å². The number of hydrogen-bond acceptors (Lipinski definition) is 2. The summed E-state index contributed by atoms with van der Waals surface area (Å²) < 4.78 is 0. The van der Waals surface area contributed by atoms with Gasteiger partial charge in [0.05, 0.1) is 0 Å². The zero-order valence-electron chi connectivity index (χ0n) is 10.7. The molecule has 0 aromatic rings. The van der Waals surface area contributed by atoms with Crippen LogP contribution in [-0.4, -0.2) is 39.8 Å². The summed E-state index contributed by atoms with van der Waals surface area (Å²) in [4.78, 5) is 0.953. The summed E-state index contributed by atoms with van der Waals surface area (Å²) in [6.07, 6.45) is 14.8. The van der Waals surface area contributed by atoms with E-state index in [4.69, 9.17) is 24.4 Å². The maximum absolute atomic E-state index is 5.06. The molecule has 0 fully saturated rings. The Balaban J connectivity index is 0. The number of unbranched alkanes of at least 4 members (excludes halogenated alkanes) is 9. The van der Waals surface area contributed by atoms with Crippen molar-refractivity contribution in [1.29, 1.82) is 0 Å². The third-order valence-corrected chi connectivity index (χ3v) is 3.66. The van der Waals surface area contributed by atoms with Gasteiger partial charge in [0.25, 0.3) is 0 Å². The molecule has 0 atom stereocenters. The van der Waals surface area contributed by atoms with Crippen LogP contribution in [0, 0.1) is 0 Å². The molecule has 3 heteroatoms. The molecule has 0 spiro atoms. The van der Waals surface area contributed by atoms with Gasteiger partial charge in [-0.15, -0.1) is 0 Å². The van der Waals surface area contributed by atoms with E-state index in [-0.39, 0.29) is 29.6 Å². The van der Waals surface area contributed by atoms with Crippen molar-refractivity contribution in [3.8, 4) is 0 Å². The Morgan fingerprint density at radius 3 is 1.65 bits per heavy atom. The first-order valence-electron chi connectivity index (χ1n) is 6.79. The molecule has 0 heterocycles. The number of thiocarbonyl (C=S) groups is 2. The van der Waals surface area contributed by atoms with Gasteiger partial charge in [-0.3, -0.25) is 0 Å². The van der Waals surface area contributed by atoms with E-state index in [2.05, 4.69) is 6.92 Å². The second-order valence-electron chi connectivity index (χ2n) is 4.52. The van der Waals surface area contributed by atoms with Gasteiger partial charge in [0.1, 0.15) is 0 Å². The van der Waals surface area contributed by atoms with Crippen molar-refractivity contribution in [2.75, 3.05) is 0 Å². The predicted octanol–water partition coefficient (Wildman–Crippen LogP) is 5.02. The fraction of sp³-hybridized carbons (Fsp3) is 0.857. The van der Waals surface area contributed by atoms with Gasteiger partial charge in [0, 0.05) is 10.2 Å². The maximum atomic E-state index is 5.06. The molecule has 0 radical (unpaired) electrons. The Morgan fingerprint density at radius 1 is 0.824 bits per heavy atom.